The van der Waals surface area contributed by atoms with E-state index in [1.807, 2.05) is 25.1 Å². The predicted molar refractivity (Wildman–Crippen MR) is 155 cm³/mol. The van der Waals surface area contributed by atoms with E-state index in [4.69, 9.17) is 14.2 Å². The van der Waals surface area contributed by atoms with Crippen LogP contribution in [0, 0.1) is 0 Å². The van der Waals surface area contributed by atoms with Crippen molar-refractivity contribution in [3.63, 3.8) is 0 Å². The largest absolute Gasteiger partial charge is 0.519 e. The Morgan fingerprint density at radius 1 is 0.756 bits per heavy atom. The third kappa shape index (κ3) is 6.66. The molecule has 0 radical (unpaired) electrons. The van der Waals surface area contributed by atoms with E-state index in [2.05, 4.69) is 19.7 Å². The number of halogens is 3. The lowest BCUT2D eigenvalue weighted by Gasteiger charge is -2.11. The van der Waals surface area contributed by atoms with E-state index in [0.29, 0.717) is 32.6 Å². The highest BCUT2D eigenvalue weighted by atomic mass is 32.1. The van der Waals surface area contributed by atoms with Crippen LogP contribution in [0.25, 0.3) is 48.9 Å². The molecule has 0 aliphatic heterocycles. The predicted octanol–water partition coefficient (Wildman–Crippen LogP) is 8.65. The van der Waals surface area contributed by atoms with Gasteiger partial charge in [0.05, 0.1) is 50.6 Å². The number of carbonyl (C=O) groups is 1. The maximum atomic E-state index is 13.7. The molecule has 41 heavy (non-hydrogen) atoms. The lowest BCUT2D eigenvalue weighted by molar-refractivity contribution is -0.123. The Bertz CT molecular complexity index is 1820. The van der Waals surface area contributed by atoms with Crippen LogP contribution in [0.2, 0.25) is 0 Å². The molecule has 0 fully saturated rings. The van der Waals surface area contributed by atoms with Crippen LogP contribution in [0.5, 0.6) is 5.75 Å². The van der Waals surface area contributed by atoms with Crippen LogP contribution < -0.4 is 4.74 Å². The molecule has 0 N–H and O–H groups in total. The molecule has 2 aromatic carbocycles. The number of hydrogen-bond acceptors (Lipinski definition) is 11. The van der Waals surface area contributed by atoms with Crippen LogP contribution in [0.15, 0.2) is 47.6 Å². The van der Waals surface area contributed by atoms with Gasteiger partial charge in [-0.3, -0.25) is 0 Å². The molecule has 212 valence electrons. The van der Waals surface area contributed by atoms with Crippen molar-refractivity contribution in [3.8, 4) is 5.75 Å². The van der Waals surface area contributed by atoms with Gasteiger partial charge < -0.3 is 18.9 Å². The molecular formula is C27H20F3N3O5S3. The highest BCUT2D eigenvalue weighted by Crippen LogP contribution is 2.34. The zero-order chi connectivity index (χ0) is 29.3. The van der Waals surface area contributed by atoms with Gasteiger partial charge in [-0.2, -0.15) is 13.2 Å². The molecule has 14 heteroatoms. The van der Waals surface area contributed by atoms with Crippen molar-refractivity contribution >= 4 is 89.0 Å². The van der Waals surface area contributed by atoms with E-state index in [1.54, 1.807) is 25.3 Å². The number of fused-ring (bicyclic) bond motifs is 3. The summed E-state index contributed by atoms with van der Waals surface area (Å²) in [6.07, 6.45) is -2.55. The summed E-state index contributed by atoms with van der Waals surface area (Å²) in [5.74, 6) is -0.296. The van der Waals surface area contributed by atoms with Crippen molar-refractivity contribution in [2.45, 2.75) is 20.0 Å². The van der Waals surface area contributed by atoms with Gasteiger partial charge in [-0.05, 0) is 38.1 Å². The van der Waals surface area contributed by atoms with Crippen LogP contribution in [-0.4, -0.2) is 41.5 Å². The van der Waals surface area contributed by atoms with Crippen LogP contribution in [0.1, 0.15) is 28.9 Å². The van der Waals surface area contributed by atoms with Gasteiger partial charge in [0.1, 0.15) is 26.5 Å². The highest BCUT2D eigenvalue weighted by Gasteiger charge is 2.38. The Kier molecular flexibility index (Phi) is 7.98. The summed E-state index contributed by atoms with van der Waals surface area (Å²) in [6.45, 7) is 3.26. The molecule has 0 spiro atoms. The van der Waals surface area contributed by atoms with Crippen molar-refractivity contribution in [3.05, 3.63) is 62.6 Å². The second kappa shape index (κ2) is 11.5. The van der Waals surface area contributed by atoms with Crippen molar-refractivity contribution in [2.24, 2.45) is 0 Å². The number of allylic oxidation sites excluding steroid dienone is 3. The first-order valence-corrected chi connectivity index (χ1v) is 14.2. The van der Waals surface area contributed by atoms with Gasteiger partial charge in [-0.25, -0.2) is 19.7 Å². The summed E-state index contributed by atoms with van der Waals surface area (Å²) >= 11 is 3.81. The van der Waals surface area contributed by atoms with Crippen LogP contribution in [0.3, 0.4) is 0 Å². The number of methoxy groups -OCH3 is 2. The van der Waals surface area contributed by atoms with Crippen LogP contribution in [0.4, 0.5) is 18.0 Å². The molecule has 5 rings (SSSR count). The zero-order valence-corrected chi connectivity index (χ0v) is 24.3. The average molecular weight is 620 g/mol. The molecule has 0 bridgehead atoms. The standard InChI is InChI=1S/C27H20F3N3O5S3/c1-13(35-3)7-23-32-17-10-21-18(11-20(17)40-23)33-24(41-21)8-14(2)37-26(34)38-22(27(28,29)30)12-25-31-16-9-15(36-4)5-6-19(16)39-25/h5-12H,1-4H3/b13-7-,14-8-,22-12-. The van der Waals surface area contributed by atoms with Gasteiger partial charge in [0.2, 0.25) is 5.76 Å². The van der Waals surface area contributed by atoms with E-state index in [1.165, 1.54) is 42.8 Å². The molecule has 8 nitrogen and oxygen atoms in total. The molecule has 0 saturated carbocycles. The zero-order valence-electron chi connectivity index (χ0n) is 21.9. The molecule has 3 heterocycles. The number of carbonyl (C=O) groups excluding carboxylic acids is 1. The molecule has 0 aliphatic carbocycles. The third-order valence-corrected chi connectivity index (χ3v) is 8.40. The van der Waals surface area contributed by atoms with Gasteiger partial charge in [0, 0.05) is 24.3 Å². The number of benzene rings is 2. The molecule has 0 aliphatic rings. The number of ether oxygens (including phenoxy) is 4. The molecule has 0 saturated heterocycles. The van der Waals surface area contributed by atoms with Gasteiger partial charge in [0.25, 0.3) is 0 Å². The minimum absolute atomic E-state index is 0.00138. The molecule has 0 amide bonds. The number of nitrogens with zero attached hydrogens (tertiary/aromatic N) is 3. The van der Waals surface area contributed by atoms with Crippen LogP contribution in [-0.2, 0) is 14.2 Å². The summed E-state index contributed by atoms with van der Waals surface area (Å²) in [4.78, 5) is 25.6. The maximum Gasteiger partial charge on any atom is 0.519 e. The first-order valence-electron chi connectivity index (χ1n) is 11.8. The number of alkyl halides is 3. The summed E-state index contributed by atoms with van der Waals surface area (Å²) in [5.41, 5.74) is 1.96. The van der Waals surface area contributed by atoms with Crippen molar-refractivity contribution in [1.82, 2.24) is 15.0 Å². The average Bonchev–Trinajstić information content (AvgIpc) is 3.60. The quantitative estimate of drug-likeness (QED) is 0.132. The number of hydrogen-bond donors (Lipinski definition) is 0. The summed E-state index contributed by atoms with van der Waals surface area (Å²) in [5, 5.41) is 1.30. The first-order chi connectivity index (χ1) is 19.5. The third-order valence-electron chi connectivity index (χ3n) is 5.49. The normalized spacial score (nSPS) is 13.3. The lowest BCUT2D eigenvalue weighted by Crippen LogP contribution is -2.18. The van der Waals surface area contributed by atoms with E-state index in [-0.39, 0.29) is 10.8 Å². The van der Waals surface area contributed by atoms with E-state index in [0.717, 1.165) is 37.0 Å². The minimum Gasteiger partial charge on any atom is -0.501 e. The topological polar surface area (TPSA) is 92.7 Å². The fraction of sp³-hybridized carbons (Fsp3) is 0.185. The van der Waals surface area contributed by atoms with Gasteiger partial charge >= 0.3 is 12.3 Å². The highest BCUT2D eigenvalue weighted by molar-refractivity contribution is 7.21. The molecular weight excluding hydrogens is 600 g/mol. The monoisotopic (exact) mass is 619 g/mol. The fourth-order valence-electron chi connectivity index (χ4n) is 3.58. The number of thiazole rings is 3. The summed E-state index contributed by atoms with van der Waals surface area (Å²) in [6, 6.07) is 8.75. The van der Waals surface area contributed by atoms with Gasteiger partial charge in [-0.15, -0.1) is 34.0 Å². The Hall–Kier alpha value is -4.01. The number of aromatic nitrogens is 3. The van der Waals surface area contributed by atoms with Crippen molar-refractivity contribution in [2.75, 3.05) is 14.2 Å². The Balaban J connectivity index is 1.31. The molecule has 0 unspecified atom stereocenters. The van der Waals surface area contributed by atoms with Gasteiger partial charge in [-0.1, -0.05) is 0 Å². The number of rotatable bonds is 7. The van der Waals surface area contributed by atoms with E-state index in [9.17, 15) is 18.0 Å². The summed E-state index contributed by atoms with van der Waals surface area (Å²) in [7, 11) is 3.06. The van der Waals surface area contributed by atoms with Gasteiger partial charge in [0.15, 0.2) is 0 Å². The Morgan fingerprint density at radius 2 is 1.29 bits per heavy atom. The van der Waals surface area contributed by atoms with Crippen molar-refractivity contribution in [1.29, 1.82) is 0 Å². The molecule has 5 aromatic rings. The molecule has 0 atom stereocenters. The van der Waals surface area contributed by atoms with E-state index < -0.39 is 18.1 Å². The Morgan fingerprint density at radius 3 is 1.85 bits per heavy atom. The second-order valence-electron chi connectivity index (χ2n) is 8.45. The first kappa shape index (κ1) is 28.5. The van der Waals surface area contributed by atoms with E-state index >= 15 is 0 Å². The fourth-order valence-corrected chi connectivity index (χ4v) is 6.41. The summed E-state index contributed by atoms with van der Waals surface area (Å²) < 4.78 is 63.2. The maximum absolute atomic E-state index is 13.7. The molecule has 3 aromatic heterocycles. The second-order valence-corrected chi connectivity index (χ2v) is 11.6. The minimum atomic E-state index is -4.96. The smallest absolute Gasteiger partial charge is 0.501 e. The Labute approximate surface area is 243 Å². The van der Waals surface area contributed by atoms with Crippen molar-refractivity contribution < 1.29 is 36.9 Å². The lowest BCUT2D eigenvalue weighted by atomic mass is 10.3. The van der Waals surface area contributed by atoms with Crippen LogP contribution >= 0.6 is 34.0 Å². The SMILES string of the molecule is CO/C(C)=C\c1nc2cc3sc(/C=C(/C)OC(=O)O/C(=C\c4nc5cc(OC)ccc5s4)C(F)(F)F)nc3cc2s1.